The standard InChI is InChI=1S/C22H22FN5O/c23-22-14(8-15-2-1-3-19(22)27-15)9-16-11-26-20(12-25-16)18-5-4-17(10-21(18)29)28-7-6-24-13-28/h4-7,9-13,15,19,22,27,29H,1-3,8H2/b14-9+/t15-,19+,22-/m1/s1. The number of phenols is 1. The Hall–Kier alpha value is -3.06. The lowest BCUT2D eigenvalue weighted by Crippen LogP contribution is -2.52. The minimum atomic E-state index is -0.965. The molecule has 2 aliphatic heterocycles. The van der Waals surface area contributed by atoms with E-state index in [2.05, 4.69) is 20.3 Å². The zero-order valence-corrected chi connectivity index (χ0v) is 15.9. The second-order valence-corrected chi connectivity index (χ2v) is 7.72. The zero-order valence-electron chi connectivity index (χ0n) is 15.9. The van der Waals surface area contributed by atoms with Crippen LogP contribution >= 0.6 is 0 Å². The number of imidazole rings is 1. The maximum absolute atomic E-state index is 14.7. The van der Waals surface area contributed by atoms with Gasteiger partial charge in [-0.2, -0.15) is 0 Å². The van der Waals surface area contributed by atoms with Crippen molar-refractivity contribution in [3.63, 3.8) is 0 Å². The smallest absolute Gasteiger partial charge is 0.137 e. The first kappa shape index (κ1) is 18.0. The van der Waals surface area contributed by atoms with Crippen LogP contribution in [0.15, 0.2) is 54.9 Å². The number of piperidine rings is 2. The van der Waals surface area contributed by atoms with Gasteiger partial charge in [0.05, 0.1) is 35.8 Å². The largest absolute Gasteiger partial charge is 0.507 e. The predicted octanol–water partition coefficient (Wildman–Crippen LogP) is 3.67. The molecule has 3 atom stereocenters. The Morgan fingerprint density at radius 1 is 1.21 bits per heavy atom. The maximum atomic E-state index is 14.7. The summed E-state index contributed by atoms with van der Waals surface area (Å²) >= 11 is 0. The number of halogens is 1. The minimum absolute atomic E-state index is 0.0769. The lowest BCUT2D eigenvalue weighted by molar-refractivity contribution is 0.179. The van der Waals surface area contributed by atoms with E-state index in [9.17, 15) is 9.50 Å². The Kier molecular flexibility index (Phi) is 4.60. The molecule has 5 rings (SSSR count). The molecule has 0 radical (unpaired) electrons. The van der Waals surface area contributed by atoms with Crippen molar-refractivity contribution in [2.75, 3.05) is 0 Å². The summed E-state index contributed by atoms with van der Waals surface area (Å²) in [4.78, 5) is 12.9. The molecular formula is C22H22FN5O. The maximum Gasteiger partial charge on any atom is 0.137 e. The molecule has 0 unspecified atom stereocenters. The van der Waals surface area contributed by atoms with Crippen molar-refractivity contribution in [2.45, 2.75) is 43.9 Å². The Morgan fingerprint density at radius 2 is 2.14 bits per heavy atom. The van der Waals surface area contributed by atoms with Gasteiger partial charge >= 0.3 is 0 Å². The van der Waals surface area contributed by atoms with Gasteiger partial charge in [0.2, 0.25) is 0 Å². The molecule has 2 aromatic heterocycles. The molecule has 2 N–H and O–H groups in total. The normalized spacial score (nSPS) is 25.3. The molecule has 148 valence electrons. The third kappa shape index (κ3) is 3.53. The molecule has 6 nitrogen and oxygen atoms in total. The van der Waals surface area contributed by atoms with Crippen LogP contribution in [-0.4, -0.2) is 42.9 Å². The average Bonchev–Trinajstić information content (AvgIpc) is 3.28. The summed E-state index contributed by atoms with van der Waals surface area (Å²) in [6.45, 7) is 0. The number of alkyl halides is 1. The van der Waals surface area contributed by atoms with E-state index >= 15 is 0 Å². The molecule has 0 saturated carbocycles. The van der Waals surface area contributed by atoms with Gasteiger partial charge < -0.3 is 15.0 Å². The van der Waals surface area contributed by atoms with Crippen LogP contribution in [0.1, 0.15) is 31.4 Å². The highest BCUT2D eigenvalue weighted by Crippen LogP contribution is 2.33. The van der Waals surface area contributed by atoms with E-state index in [0.29, 0.717) is 23.0 Å². The number of aromatic nitrogens is 4. The highest BCUT2D eigenvalue weighted by molar-refractivity contribution is 5.68. The molecule has 0 aliphatic carbocycles. The van der Waals surface area contributed by atoms with Crippen molar-refractivity contribution in [3.8, 4) is 22.7 Å². The molecule has 3 aromatic rings. The second-order valence-electron chi connectivity index (χ2n) is 7.72. The van der Waals surface area contributed by atoms with Gasteiger partial charge in [-0.1, -0.05) is 6.42 Å². The number of nitrogens with zero attached hydrogens (tertiary/aromatic N) is 4. The summed E-state index contributed by atoms with van der Waals surface area (Å²) in [5, 5.41) is 13.8. The molecule has 1 aromatic carbocycles. The fraction of sp³-hybridized carbons (Fsp3) is 0.318. The number of hydrogen-bond donors (Lipinski definition) is 2. The van der Waals surface area contributed by atoms with Crippen molar-refractivity contribution in [1.82, 2.24) is 24.8 Å². The number of phenolic OH excluding ortho intramolecular Hbond substituents is 1. The topological polar surface area (TPSA) is 75.9 Å². The number of fused-ring (bicyclic) bond motifs is 2. The molecule has 7 heteroatoms. The summed E-state index contributed by atoms with van der Waals surface area (Å²) in [6, 6.07) is 5.64. The van der Waals surface area contributed by atoms with E-state index in [1.54, 1.807) is 37.1 Å². The number of aromatic hydroxyl groups is 1. The fourth-order valence-corrected chi connectivity index (χ4v) is 4.29. The fourth-order valence-electron chi connectivity index (χ4n) is 4.29. The Morgan fingerprint density at radius 3 is 2.90 bits per heavy atom. The zero-order chi connectivity index (χ0) is 19.8. The van der Waals surface area contributed by atoms with E-state index < -0.39 is 6.17 Å². The monoisotopic (exact) mass is 391 g/mol. The summed E-state index contributed by atoms with van der Waals surface area (Å²) < 4.78 is 16.6. The van der Waals surface area contributed by atoms with Gasteiger partial charge in [-0.25, -0.2) is 9.37 Å². The van der Waals surface area contributed by atoms with E-state index in [1.165, 1.54) is 0 Å². The number of nitrogens with one attached hydrogen (secondary N) is 1. The van der Waals surface area contributed by atoms with E-state index in [0.717, 1.165) is 36.9 Å². The van der Waals surface area contributed by atoms with Crippen LogP contribution in [0.25, 0.3) is 23.0 Å². The number of benzene rings is 1. The van der Waals surface area contributed by atoms with Crippen molar-refractivity contribution < 1.29 is 9.50 Å². The highest BCUT2D eigenvalue weighted by atomic mass is 19.1. The Labute approximate surface area is 168 Å². The summed E-state index contributed by atoms with van der Waals surface area (Å²) in [6.07, 6.45) is 13.1. The molecule has 0 amide bonds. The van der Waals surface area contributed by atoms with Crippen molar-refractivity contribution in [1.29, 1.82) is 0 Å². The summed E-state index contributed by atoms with van der Waals surface area (Å²) in [5.41, 5.74) is 3.42. The van der Waals surface area contributed by atoms with Crippen molar-refractivity contribution in [3.05, 3.63) is 60.6 Å². The Bertz CT molecular complexity index is 1030. The first-order valence-corrected chi connectivity index (χ1v) is 9.92. The highest BCUT2D eigenvalue weighted by Gasteiger charge is 2.36. The van der Waals surface area contributed by atoms with Crippen LogP contribution in [0.5, 0.6) is 5.75 Å². The van der Waals surface area contributed by atoms with E-state index in [4.69, 9.17) is 0 Å². The van der Waals surface area contributed by atoms with Crippen molar-refractivity contribution >= 4 is 6.08 Å². The first-order chi connectivity index (χ1) is 14.2. The average molecular weight is 391 g/mol. The van der Waals surface area contributed by atoms with Gasteiger partial charge in [0.1, 0.15) is 11.9 Å². The van der Waals surface area contributed by atoms with Crippen LogP contribution in [0.2, 0.25) is 0 Å². The van der Waals surface area contributed by atoms with Crippen molar-refractivity contribution in [2.24, 2.45) is 0 Å². The second kappa shape index (κ2) is 7.40. The molecule has 2 bridgehead atoms. The Balaban J connectivity index is 1.38. The quantitative estimate of drug-likeness (QED) is 0.713. The van der Waals surface area contributed by atoms with E-state index in [1.807, 2.05) is 22.9 Å². The molecule has 0 spiro atoms. The lowest BCUT2D eigenvalue weighted by Gasteiger charge is -2.39. The lowest BCUT2D eigenvalue weighted by atomic mass is 9.82. The number of rotatable bonds is 3. The van der Waals surface area contributed by atoms with Gasteiger partial charge in [0.25, 0.3) is 0 Å². The molecular weight excluding hydrogens is 369 g/mol. The van der Waals surface area contributed by atoms with Gasteiger partial charge in [-0.15, -0.1) is 0 Å². The SMILES string of the molecule is Oc1cc(-n2ccnc2)ccc1-c1cnc(/C=C2\C[C@H]3CCC[C@H](N3)[C@@H]2F)cn1. The van der Waals surface area contributed by atoms with Crippen LogP contribution in [-0.2, 0) is 0 Å². The molecule has 29 heavy (non-hydrogen) atoms. The van der Waals surface area contributed by atoms with Crippen LogP contribution in [0.4, 0.5) is 4.39 Å². The van der Waals surface area contributed by atoms with Gasteiger partial charge in [-0.05, 0) is 43.0 Å². The van der Waals surface area contributed by atoms with Gasteiger partial charge in [-0.3, -0.25) is 9.97 Å². The third-order valence-electron chi connectivity index (χ3n) is 5.77. The van der Waals surface area contributed by atoms with Gasteiger partial charge in [0.15, 0.2) is 0 Å². The first-order valence-electron chi connectivity index (χ1n) is 9.92. The summed E-state index contributed by atoms with van der Waals surface area (Å²) in [5.74, 6) is 0.117. The van der Waals surface area contributed by atoms with Gasteiger partial charge in [0, 0.05) is 36.1 Å². The van der Waals surface area contributed by atoms with Crippen LogP contribution in [0.3, 0.4) is 0 Å². The van der Waals surface area contributed by atoms with Crippen LogP contribution in [0, 0.1) is 0 Å². The molecule has 2 aliphatic rings. The van der Waals surface area contributed by atoms with Crippen LogP contribution < -0.4 is 5.32 Å². The predicted molar refractivity (Wildman–Crippen MR) is 108 cm³/mol. The van der Waals surface area contributed by atoms with E-state index in [-0.39, 0.29) is 11.8 Å². The third-order valence-corrected chi connectivity index (χ3v) is 5.77. The molecule has 2 fully saturated rings. The molecule has 2 saturated heterocycles. The summed E-state index contributed by atoms with van der Waals surface area (Å²) in [7, 11) is 0. The molecule has 4 heterocycles. The number of hydrogen-bond acceptors (Lipinski definition) is 5. The minimum Gasteiger partial charge on any atom is -0.507 e.